The Morgan fingerprint density at radius 3 is 2.33 bits per heavy atom. The van der Waals surface area contributed by atoms with Gasteiger partial charge in [0.1, 0.15) is 0 Å². The van der Waals surface area contributed by atoms with E-state index in [1.165, 1.54) is 11.1 Å². The first-order chi connectivity index (χ1) is 8.40. The van der Waals surface area contributed by atoms with Crippen LogP contribution in [0.15, 0.2) is 47.6 Å². The molecule has 18 heavy (non-hydrogen) atoms. The van der Waals surface area contributed by atoms with Crippen molar-refractivity contribution in [3.63, 3.8) is 0 Å². The van der Waals surface area contributed by atoms with Gasteiger partial charge in [0, 0.05) is 17.5 Å². The van der Waals surface area contributed by atoms with Gasteiger partial charge in [0.15, 0.2) is 0 Å². The highest BCUT2D eigenvalue weighted by Crippen LogP contribution is 2.37. The Morgan fingerprint density at radius 1 is 1.22 bits per heavy atom. The van der Waals surface area contributed by atoms with Crippen molar-refractivity contribution in [2.45, 2.75) is 32.6 Å². The highest BCUT2D eigenvalue weighted by atomic mass is 16.6. The second-order valence-electron chi connectivity index (χ2n) is 5.28. The molecule has 2 rings (SSSR count). The summed E-state index contributed by atoms with van der Waals surface area (Å²) in [6.07, 6.45) is 5.39. The van der Waals surface area contributed by atoms with E-state index < -0.39 is 0 Å². The van der Waals surface area contributed by atoms with Crippen LogP contribution in [0, 0.1) is 10.1 Å². The van der Waals surface area contributed by atoms with E-state index in [9.17, 15) is 10.1 Å². The quantitative estimate of drug-likeness (QED) is 0.578. The number of nitro groups is 1. The van der Waals surface area contributed by atoms with Crippen LogP contribution in [0.25, 0.3) is 0 Å². The van der Waals surface area contributed by atoms with E-state index in [0.29, 0.717) is 0 Å². The lowest BCUT2D eigenvalue weighted by Crippen LogP contribution is -2.22. The van der Waals surface area contributed by atoms with E-state index in [-0.39, 0.29) is 16.0 Å². The van der Waals surface area contributed by atoms with E-state index in [1.807, 2.05) is 12.1 Å². The number of allylic oxidation sites excluding steroid dienone is 4. The summed E-state index contributed by atoms with van der Waals surface area (Å²) in [7, 11) is 0. The van der Waals surface area contributed by atoms with Gasteiger partial charge < -0.3 is 0 Å². The minimum absolute atomic E-state index is 0.0575. The molecule has 1 aromatic rings. The van der Waals surface area contributed by atoms with Crippen molar-refractivity contribution in [2.75, 3.05) is 0 Å². The largest absolute Gasteiger partial charge is 0.269 e. The smallest absolute Gasteiger partial charge is 0.258 e. The molecule has 0 heterocycles. The first-order valence-corrected chi connectivity index (χ1v) is 6.02. The van der Waals surface area contributed by atoms with Crippen molar-refractivity contribution in [3.05, 3.63) is 63.2 Å². The topological polar surface area (TPSA) is 43.1 Å². The first-order valence-electron chi connectivity index (χ1n) is 6.02. The minimum Gasteiger partial charge on any atom is -0.258 e. The van der Waals surface area contributed by atoms with Crippen molar-refractivity contribution in [3.8, 4) is 0 Å². The van der Waals surface area contributed by atoms with Crippen molar-refractivity contribution in [1.29, 1.82) is 0 Å². The predicted molar refractivity (Wildman–Crippen MR) is 72.6 cm³/mol. The van der Waals surface area contributed by atoms with Gasteiger partial charge in [0.25, 0.3) is 5.69 Å². The van der Waals surface area contributed by atoms with Crippen molar-refractivity contribution < 1.29 is 4.92 Å². The number of hydrogen-bond donors (Lipinski definition) is 0. The van der Waals surface area contributed by atoms with Gasteiger partial charge in [-0.25, -0.2) is 0 Å². The van der Waals surface area contributed by atoms with Crippen LogP contribution in [0.2, 0.25) is 0 Å². The van der Waals surface area contributed by atoms with E-state index in [4.69, 9.17) is 0 Å². The molecular weight excluding hydrogens is 226 g/mol. The molecule has 0 N–H and O–H groups in total. The Morgan fingerprint density at radius 2 is 1.83 bits per heavy atom. The maximum Gasteiger partial charge on any atom is 0.269 e. The van der Waals surface area contributed by atoms with Crippen LogP contribution in [0.1, 0.15) is 32.8 Å². The Bertz CT molecular complexity index is 540. The molecular formula is C15H17NO2. The molecule has 0 saturated carbocycles. The number of nitro benzene ring substituents is 1. The Kier molecular flexibility index (Phi) is 3.07. The zero-order valence-electron chi connectivity index (χ0n) is 10.9. The molecule has 1 atom stereocenters. The number of hydrogen-bond acceptors (Lipinski definition) is 2. The van der Waals surface area contributed by atoms with Crippen LogP contribution >= 0.6 is 0 Å². The molecule has 1 aliphatic carbocycles. The third-order valence-corrected chi connectivity index (χ3v) is 3.40. The van der Waals surface area contributed by atoms with Gasteiger partial charge in [-0.05, 0) is 25.8 Å². The van der Waals surface area contributed by atoms with Gasteiger partial charge in [-0.15, -0.1) is 0 Å². The van der Waals surface area contributed by atoms with Crippen LogP contribution in [-0.2, 0) is 5.41 Å². The van der Waals surface area contributed by atoms with Crippen molar-refractivity contribution in [1.82, 2.24) is 0 Å². The lowest BCUT2D eigenvalue weighted by molar-refractivity contribution is -0.384. The molecule has 0 amide bonds. The third kappa shape index (κ3) is 2.35. The number of nitrogens with zero attached hydrogens (tertiary/aromatic N) is 1. The summed E-state index contributed by atoms with van der Waals surface area (Å²) < 4.78 is 0. The molecule has 0 fully saturated rings. The second kappa shape index (κ2) is 4.41. The average molecular weight is 243 g/mol. The highest BCUT2D eigenvalue weighted by Gasteiger charge is 2.27. The fourth-order valence-electron chi connectivity index (χ4n) is 2.76. The van der Waals surface area contributed by atoms with Crippen molar-refractivity contribution >= 4 is 5.69 Å². The molecule has 1 aromatic carbocycles. The van der Waals surface area contributed by atoms with Gasteiger partial charge in [-0.1, -0.05) is 42.4 Å². The molecule has 0 saturated heterocycles. The van der Waals surface area contributed by atoms with Crippen LogP contribution < -0.4 is 0 Å². The standard InChI is InChI=1S/C15H17NO2/c1-11-8-12(2)10-15(3,9-11)13-4-6-14(7-5-13)16(17)18/h4-9H,10H2,1-3H3. The lowest BCUT2D eigenvalue weighted by atomic mass is 9.73. The summed E-state index contributed by atoms with van der Waals surface area (Å²) in [5.41, 5.74) is 3.80. The molecule has 0 bridgehead atoms. The summed E-state index contributed by atoms with van der Waals surface area (Å²) >= 11 is 0. The second-order valence-corrected chi connectivity index (χ2v) is 5.28. The van der Waals surface area contributed by atoms with Gasteiger partial charge in [0.2, 0.25) is 0 Å². The monoisotopic (exact) mass is 243 g/mol. The lowest BCUT2D eigenvalue weighted by Gasteiger charge is -2.31. The van der Waals surface area contributed by atoms with E-state index in [2.05, 4.69) is 32.9 Å². The Hall–Kier alpha value is -1.90. The molecule has 3 heteroatoms. The van der Waals surface area contributed by atoms with Crippen LogP contribution in [-0.4, -0.2) is 4.92 Å². The predicted octanol–water partition coefficient (Wildman–Crippen LogP) is 4.15. The number of non-ortho nitro benzene ring substituents is 1. The Labute approximate surface area is 107 Å². The van der Waals surface area contributed by atoms with Crippen LogP contribution in [0.4, 0.5) is 5.69 Å². The summed E-state index contributed by atoms with van der Waals surface area (Å²) in [6, 6.07) is 6.88. The van der Waals surface area contributed by atoms with E-state index in [1.54, 1.807) is 12.1 Å². The number of rotatable bonds is 2. The van der Waals surface area contributed by atoms with Crippen LogP contribution in [0.5, 0.6) is 0 Å². The zero-order chi connectivity index (χ0) is 13.3. The zero-order valence-corrected chi connectivity index (χ0v) is 10.9. The summed E-state index contributed by atoms with van der Waals surface area (Å²) in [6.45, 7) is 6.39. The third-order valence-electron chi connectivity index (χ3n) is 3.40. The van der Waals surface area contributed by atoms with E-state index >= 15 is 0 Å². The molecule has 0 aromatic heterocycles. The number of benzene rings is 1. The Balaban J connectivity index is 2.37. The fraction of sp³-hybridized carbons (Fsp3) is 0.333. The molecule has 0 spiro atoms. The SMILES string of the molecule is CC1=CC(C)(c2ccc([N+](=O)[O-])cc2)CC(C)=C1. The molecule has 94 valence electrons. The maximum absolute atomic E-state index is 10.7. The highest BCUT2D eigenvalue weighted by molar-refractivity contribution is 5.43. The summed E-state index contributed by atoms with van der Waals surface area (Å²) in [5.74, 6) is 0. The summed E-state index contributed by atoms with van der Waals surface area (Å²) in [4.78, 5) is 10.3. The average Bonchev–Trinajstić information content (AvgIpc) is 2.27. The van der Waals surface area contributed by atoms with Gasteiger partial charge in [-0.3, -0.25) is 10.1 Å². The normalized spacial score (nSPS) is 23.3. The fourth-order valence-corrected chi connectivity index (χ4v) is 2.76. The van der Waals surface area contributed by atoms with Gasteiger partial charge in [0.05, 0.1) is 4.92 Å². The molecule has 1 aliphatic rings. The van der Waals surface area contributed by atoms with Gasteiger partial charge >= 0.3 is 0 Å². The maximum atomic E-state index is 10.7. The van der Waals surface area contributed by atoms with Gasteiger partial charge in [-0.2, -0.15) is 0 Å². The molecule has 0 radical (unpaired) electrons. The summed E-state index contributed by atoms with van der Waals surface area (Å²) in [5, 5.41) is 10.7. The van der Waals surface area contributed by atoms with E-state index in [0.717, 1.165) is 12.0 Å². The van der Waals surface area contributed by atoms with Crippen LogP contribution in [0.3, 0.4) is 0 Å². The molecule has 0 aliphatic heterocycles. The minimum atomic E-state index is -0.362. The molecule has 3 nitrogen and oxygen atoms in total. The molecule has 1 unspecified atom stereocenters. The van der Waals surface area contributed by atoms with Crippen molar-refractivity contribution in [2.24, 2.45) is 0 Å². The first kappa shape index (κ1) is 12.6.